The first-order valence-electron chi connectivity index (χ1n) is 7.48. The zero-order chi connectivity index (χ0) is 17.6. The number of carbonyl (C=O) groups excluding carboxylic acids is 1. The molecular formula is C16H22N2O5. The van der Waals surface area contributed by atoms with Gasteiger partial charge in [-0.15, -0.1) is 0 Å². The number of unbranched alkanes of at least 4 members (excludes halogenated alkanes) is 1. The molecule has 1 rings (SSSR count). The highest BCUT2D eigenvalue weighted by atomic mass is 16.6. The fraction of sp³-hybridized carbons (Fsp3) is 0.500. The summed E-state index contributed by atoms with van der Waals surface area (Å²) in [6.45, 7) is 5.26. The van der Waals surface area contributed by atoms with E-state index in [1.165, 1.54) is 24.3 Å². The molecule has 0 aliphatic heterocycles. The molecule has 0 spiro atoms. The average Bonchev–Trinajstić information content (AvgIpc) is 2.50. The molecule has 7 nitrogen and oxygen atoms in total. The van der Waals surface area contributed by atoms with E-state index in [9.17, 15) is 24.8 Å². The quantitative estimate of drug-likeness (QED) is 0.565. The van der Waals surface area contributed by atoms with E-state index >= 15 is 0 Å². The van der Waals surface area contributed by atoms with Crippen molar-refractivity contribution in [2.75, 3.05) is 0 Å². The Morgan fingerprint density at radius 2 is 1.87 bits per heavy atom. The van der Waals surface area contributed by atoms with Crippen molar-refractivity contribution in [3.8, 4) is 0 Å². The third kappa shape index (κ3) is 4.77. The van der Waals surface area contributed by atoms with Crippen LogP contribution in [0.5, 0.6) is 0 Å². The van der Waals surface area contributed by atoms with E-state index in [-0.39, 0.29) is 5.69 Å². The van der Waals surface area contributed by atoms with Gasteiger partial charge in [-0.2, -0.15) is 0 Å². The molecule has 0 saturated carbocycles. The lowest BCUT2D eigenvalue weighted by atomic mass is 9.83. The number of nitrogens with one attached hydrogen (secondary N) is 1. The zero-order valence-corrected chi connectivity index (χ0v) is 13.5. The molecule has 0 aromatic heterocycles. The first-order valence-corrected chi connectivity index (χ1v) is 7.48. The van der Waals surface area contributed by atoms with Crippen LogP contribution in [0.25, 0.3) is 0 Å². The molecule has 0 saturated heterocycles. The number of amides is 1. The van der Waals surface area contributed by atoms with Crippen LogP contribution in [-0.2, 0) is 15.0 Å². The van der Waals surface area contributed by atoms with Crippen LogP contribution in [0, 0.1) is 10.1 Å². The molecule has 0 fully saturated rings. The number of hydrogen-bond acceptors (Lipinski definition) is 4. The van der Waals surface area contributed by atoms with Crippen molar-refractivity contribution in [1.29, 1.82) is 0 Å². The molecule has 7 heteroatoms. The lowest BCUT2D eigenvalue weighted by molar-refractivity contribution is -0.384. The second-order valence-electron chi connectivity index (χ2n) is 5.94. The van der Waals surface area contributed by atoms with Gasteiger partial charge in [-0.25, -0.2) is 4.79 Å². The van der Waals surface area contributed by atoms with Crippen LogP contribution in [0.1, 0.15) is 45.6 Å². The minimum atomic E-state index is -1.06. The van der Waals surface area contributed by atoms with Gasteiger partial charge >= 0.3 is 5.97 Å². The number of non-ortho nitro benzene ring substituents is 1. The van der Waals surface area contributed by atoms with Gasteiger partial charge in [0.2, 0.25) is 5.91 Å². The van der Waals surface area contributed by atoms with E-state index in [2.05, 4.69) is 5.32 Å². The summed E-state index contributed by atoms with van der Waals surface area (Å²) in [5.74, 6) is -1.49. The highest BCUT2D eigenvalue weighted by molar-refractivity contribution is 5.90. The van der Waals surface area contributed by atoms with Crippen LogP contribution < -0.4 is 5.32 Å². The second-order valence-corrected chi connectivity index (χ2v) is 5.94. The number of benzene rings is 1. The molecule has 1 unspecified atom stereocenters. The molecular weight excluding hydrogens is 300 g/mol. The molecule has 0 aliphatic carbocycles. The maximum atomic E-state index is 12.5. The van der Waals surface area contributed by atoms with Crippen molar-refractivity contribution in [2.24, 2.45) is 0 Å². The van der Waals surface area contributed by atoms with Gasteiger partial charge in [0.15, 0.2) is 0 Å². The van der Waals surface area contributed by atoms with Gasteiger partial charge in [0.25, 0.3) is 5.69 Å². The van der Waals surface area contributed by atoms with Crippen LogP contribution in [0.4, 0.5) is 5.69 Å². The topological polar surface area (TPSA) is 110 Å². The summed E-state index contributed by atoms with van der Waals surface area (Å²) in [6.07, 6.45) is 1.91. The van der Waals surface area contributed by atoms with E-state index in [1.54, 1.807) is 13.8 Å². The minimum absolute atomic E-state index is 0.0590. The summed E-state index contributed by atoms with van der Waals surface area (Å²) in [4.78, 5) is 33.9. The zero-order valence-electron chi connectivity index (χ0n) is 13.5. The third-order valence-electron chi connectivity index (χ3n) is 3.82. The summed E-state index contributed by atoms with van der Waals surface area (Å²) in [5.41, 5.74) is -0.466. The second kappa shape index (κ2) is 7.71. The summed E-state index contributed by atoms with van der Waals surface area (Å²) < 4.78 is 0. The van der Waals surface area contributed by atoms with E-state index in [4.69, 9.17) is 0 Å². The number of nitro groups is 1. The van der Waals surface area contributed by atoms with Crippen molar-refractivity contribution >= 4 is 17.6 Å². The van der Waals surface area contributed by atoms with E-state index in [0.29, 0.717) is 18.4 Å². The fourth-order valence-corrected chi connectivity index (χ4v) is 2.14. The normalized spacial score (nSPS) is 12.5. The van der Waals surface area contributed by atoms with Crippen LogP contribution in [-0.4, -0.2) is 27.9 Å². The Kier molecular flexibility index (Phi) is 6.24. The molecule has 1 atom stereocenters. The minimum Gasteiger partial charge on any atom is -0.480 e. The maximum Gasteiger partial charge on any atom is 0.326 e. The molecule has 0 aliphatic rings. The van der Waals surface area contributed by atoms with Crippen LogP contribution >= 0.6 is 0 Å². The Morgan fingerprint density at radius 1 is 1.30 bits per heavy atom. The van der Waals surface area contributed by atoms with Gasteiger partial charge < -0.3 is 10.4 Å². The third-order valence-corrected chi connectivity index (χ3v) is 3.82. The smallest absolute Gasteiger partial charge is 0.326 e. The maximum absolute atomic E-state index is 12.5. The van der Waals surface area contributed by atoms with E-state index in [0.717, 1.165) is 6.42 Å². The van der Waals surface area contributed by atoms with Crippen molar-refractivity contribution < 1.29 is 19.6 Å². The molecule has 0 bridgehead atoms. The number of rotatable bonds is 8. The highest BCUT2D eigenvalue weighted by Crippen LogP contribution is 2.25. The van der Waals surface area contributed by atoms with Gasteiger partial charge in [-0.3, -0.25) is 14.9 Å². The summed E-state index contributed by atoms with van der Waals surface area (Å²) >= 11 is 0. The van der Waals surface area contributed by atoms with E-state index in [1.807, 2.05) is 6.92 Å². The summed E-state index contributed by atoms with van der Waals surface area (Å²) in [7, 11) is 0. The molecule has 23 heavy (non-hydrogen) atoms. The number of carboxylic acids is 1. The van der Waals surface area contributed by atoms with Crippen molar-refractivity contribution in [3.05, 3.63) is 39.9 Å². The van der Waals surface area contributed by atoms with Gasteiger partial charge in [0.1, 0.15) is 6.04 Å². The number of carboxylic acid groups (broad SMARTS) is 1. The standard InChI is InChI=1S/C16H22N2O5/c1-4-5-6-13(14(19)20)17-15(21)16(2,3)11-7-9-12(10-8-11)18(22)23/h7-10,13H,4-6H2,1-3H3,(H,17,21)(H,19,20). The molecule has 0 heterocycles. The van der Waals surface area contributed by atoms with Gasteiger partial charge in [0, 0.05) is 12.1 Å². The number of hydrogen-bond donors (Lipinski definition) is 2. The number of nitro benzene ring substituents is 1. The predicted molar refractivity (Wildman–Crippen MR) is 85.2 cm³/mol. The van der Waals surface area contributed by atoms with Gasteiger partial charge in [-0.05, 0) is 25.8 Å². The molecule has 0 radical (unpaired) electrons. The fourth-order valence-electron chi connectivity index (χ4n) is 2.14. The van der Waals surface area contributed by atoms with Crippen molar-refractivity contribution in [2.45, 2.75) is 51.5 Å². The van der Waals surface area contributed by atoms with E-state index < -0.39 is 28.3 Å². The first kappa shape index (κ1) is 18.6. The first-order chi connectivity index (χ1) is 10.7. The van der Waals surface area contributed by atoms with Gasteiger partial charge in [0.05, 0.1) is 10.3 Å². The Labute approximate surface area is 134 Å². The van der Waals surface area contributed by atoms with Crippen LogP contribution in [0.3, 0.4) is 0 Å². The summed E-state index contributed by atoms with van der Waals surface area (Å²) in [6, 6.07) is 4.76. The Morgan fingerprint density at radius 3 is 2.30 bits per heavy atom. The molecule has 1 amide bonds. The van der Waals surface area contributed by atoms with Crippen LogP contribution in [0.2, 0.25) is 0 Å². The number of nitrogens with zero attached hydrogens (tertiary/aromatic N) is 1. The largest absolute Gasteiger partial charge is 0.480 e. The Bertz CT molecular complexity index is 581. The predicted octanol–water partition coefficient (Wildman–Crippen LogP) is 2.63. The van der Waals surface area contributed by atoms with Gasteiger partial charge in [-0.1, -0.05) is 31.9 Å². The monoisotopic (exact) mass is 322 g/mol. The Hall–Kier alpha value is -2.44. The molecule has 1 aromatic carbocycles. The number of aliphatic carboxylic acids is 1. The molecule has 1 aromatic rings. The van der Waals surface area contributed by atoms with Crippen molar-refractivity contribution in [1.82, 2.24) is 5.32 Å². The SMILES string of the molecule is CCCCC(NC(=O)C(C)(C)c1ccc([N+](=O)[O-])cc1)C(=O)O. The lowest BCUT2D eigenvalue weighted by Crippen LogP contribution is -2.48. The average molecular weight is 322 g/mol. The summed E-state index contributed by atoms with van der Waals surface area (Å²) in [5, 5.41) is 22.4. The molecule has 126 valence electrons. The highest BCUT2D eigenvalue weighted by Gasteiger charge is 2.33. The van der Waals surface area contributed by atoms with Crippen LogP contribution in [0.15, 0.2) is 24.3 Å². The molecule has 2 N–H and O–H groups in total. The van der Waals surface area contributed by atoms with Crippen molar-refractivity contribution in [3.63, 3.8) is 0 Å². The Balaban J connectivity index is 2.90. The number of carbonyl (C=O) groups is 2. The lowest BCUT2D eigenvalue weighted by Gasteiger charge is -2.26.